The van der Waals surface area contributed by atoms with E-state index in [-0.39, 0.29) is 11.8 Å². The molecule has 0 aliphatic rings. The first-order valence-electron chi connectivity index (χ1n) is 9.35. The number of rotatable bonds is 6. The zero-order valence-corrected chi connectivity index (χ0v) is 16.7. The van der Waals surface area contributed by atoms with Crippen molar-refractivity contribution in [2.75, 3.05) is 11.9 Å². The molecule has 0 saturated heterocycles. The van der Waals surface area contributed by atoms with E-state index in [1.165, 1.54) is 0 Å². The highest BCUT2D eigenvalue weighted by Crippen LogP contribution is 2.28. The maximum atomic E-state index is 13.1. The van der Waals surface area contributed by atoms with Crippen molar-refractivity contribution in [3.05, 3.63) is 82.6 Å². The number of anilines is 1. The van der Waals surface area contributed by atoms with Crippen LogP contribution in [0.3, 0.4) is 0 Å². The average Bonchev–Trinajstić information content (AvgIpc) is 3.00. The quantitative estimate of drug-likeness (QED) is 0.458. The number of hydrogen-bond donors (Lipinski definition) is 1. The Bertz CT molecular complexity index is 1070. The van der Waals surface area contributed by atoms with E-state index in [0.717, 1.165) is 22.4 Å². The van der Waals surface area contributed by atoms with Crippen LogP contribution in [0.4, 0.5) is 5.88 Å². The van der Waals surface area contributed by atoms with Gasteiger partial charge in [0.05, 0.1) is 6.61 Å². The lowest BCUT2D eigenvalue weighted by molar-refractivity contribution is -0.111. The van der Waals surface area contributed by atoms with Crippen molar-refractivity contribution in [1.82, 2.24) is 0 Å². The van der Waals surface area contributed by atoms with Gasteiger partial charge in [0.25, 0.3) is 5.91 Å². The van der Waals surface area contributed by atoms with Gasteiger partial charge in [-0.25, -0.2) is 0 Å². The Kier molecular flexibility index (Phi) is 6.16. The first-order chi connectivity index (χ1) is 14.0. The minimum Gasteiger partial charge on any atom is -0.494 e. The van der Waals surface area contributed by atoms with Crippen LogP contribution < -0.4 is 10.1 Å². The van der Waals surface area contributed by atoms with Gasteiger partial charge in [-0.15, -0.1) is 0 Å². The molecule has 0 aliphatic carbocycles. The Morgan fingerprint density at radius 1 is 1.14 bits per heavy atom. The van der Waals surface area contributed by atoms with E-state index in [1.54, 1.807) is 19.9 Å². The van der Waals surface area contributed by atoms with Crippen molar-refractivity contribution in [2.45, 2.75) is 20.8 Å². The molecule has 3 rings (SSSR count). The summed E-state index contributed by atoms with van der Waals surface area (Å²) in [6.45, 7) is 6.08. The van der Waals surface area contributed by atoms with Crippen molar-refractivity contribution in [1.29, 1.82) is 5.26 Å². The summed E-state index contributed by atoms with van der Waals surface area (Å²) >= 11 is 0. The van der Waals surface area contributed by atoms with Gasteiger partial charge < -0.3 is 9.15 Å². The fraction of sp³-hybridized carbons (Fsp3) is 0.167. The molecule has 0 bridgehead atoms. The Morgan fingerprint density at radius 3 is 2.45 bits per heavy atom. The Morgan fingerprint density at radius 2 is 1.83 bits per heavy atom. The highest BCUT2D eigenvalue weighted by molar-refractivity contribution is 6.29. The summed E-state index contributed by atoms with van der Waals surface area (Å²) in [5.41, 5.74) is 3.14. The molecule has 1 heterocycles. The van der Waals surface area contributed by atoms with Crippen LogP contribution in [-0.2, 0) is 4.79 Å². The first kappa shape index (κ1) is 20.0. The van der Waals surface area contributed by atoms with E-state index < -0.39 is 0 Å². The molecule has 0 aliphatic heterocycles. The molecule has 2 aromatic carbocycles. The Hall–Kier alpha value is -3.78. The number of amides is 1. The molecule has 0 fully saturated rings. The van der Waals surface area contributed by atoms with Crippen LogP contribution >= 0.6 is 0 Å². The molecule has 1 aromatic heterocycles. The zero-order valence-electron chi connectivity index (χ0n) is 16.7. The van der Waals surface area contributed by atoms with E-state index in [9.17, 15) is 10.1 Å². The minimum absolute atomic E-state index is 0.168. The van der Waals surface area contributed by atoms with Gasteiger partial charge >= 0.3 is 0 Å². The second-order valence-corrected chi connectivity index (χ2v) is 6.48. The number of nitriles is 1. The molecule has 0 radical (unpaired) electrons. The number of carbonyl (C=O) groups excluding carboxylic acids is 1. The third kappa shape index (κ3) is 4.56. The van der Waals surface area contributed by atoms with Gasteiger partial charge in [0.15, 0.2) is 0 Å². The lowest BCUT2D eigenvalue weighted by Gasteiger charge is -2.09. The lowest BCUT2D eigenvalue weighted by atomic mass is 10.0. The molecule has 0 atom stereocenters. The monoisotopic (exact) mass is 386 g/mol. The molecule has 0 unspecified atom stereocenters. The number of hydrogen-bond acceptors (Lipinski definition) is 4. The van der Waals surface area contributed by atoms with Gasteiger partial charge in [0.1, 0.15) is 23.1 Å². The molecule has 1 amide bonds. The van der Waals surface area contributed by atoms with Crippen LogP contribution in [-0.4, -0.2) is 12.5 Å². The second-order valence-electron chi connectivity index (χ2n) is 6.48. The highest BCUT2D eigenvalue weighted by Gasteiger charge is 2.19. The number of furan rings is 1. The maximum Gasteiger partial charge on any atom is 0.258 e. The predicted molar refractivity (Wildman–Crippen MR) is 113 cm³/mol. The van der Waals surface area contributed by atoms with Crippen LogP contribution in [0.25, 0.3) is 11.6 Å². The molecular formula is C24H22N2O3. The van der Waals surface area contributed by atoms with Gasteiger partial charge in [-0.1, -0.05) is 42.5 Å². The zero-order chi connectivity index (χ0) is 20.8. The van der Waals surface area contributed by atoms with Crippen LogP contribution in [0.1, 0.15) is 34.9 Å². The molecule has 3 aromatic rings. The second kappa shape index (κ2) is 8.94. The van der Waals surface area contributed by atoms with Crippen LogP contribution in [0, 0.1) is 25.2 Å². The molecule has 5 nitrogen and oxygen atoms in total. The number of nitrogens with zero attached hydrogens (tertiary/aromatic N) is 1. The van der Waals surface area contributed by atoms with Gasteiger partial charge in [-0.2, -0.15) is 5.26 Å². The minimum atomic E-state index is -0.352. The summed E-state index contributed by atoms with van der Waals surface area (Å²) in [7, 11) is 0. The average molecular weight is 386 g/mol. The van der Waals surface area contributed by atoms with E-state index in [1.807, 2.05) is 61.5 Å². The molecule has 5 heteroatoms. The number of ether oxygens (including phenoxy) is 1. The normalized spacial score (nSPS) is 11.0. The van der Waals surface area contributed by atoms with Crippen LogP contribution in [0.5, 0.6) is 5.75 Å². The highest BCUT2D eigenvalue weighted by atomic mass is 16.5. The summed E-state index contributed by atoms with van der Waals surface area (Å²) < 4.78 is 11.1. The fourth-order valence-corrected chi connectivity index (χ4v) is 2.91. The Balaban J connectivity index is 1.97. The van der Waals surface area contributed by atoms with E-state index in [4.69, 9.17) is 9.15 Å². The van der Waals surface area contributed by atoms with Crippen molar-refractivity contribution < 1.29 is 13.9 Å². The SMILES string of the molecule is CCOc1ccc(/C=C(/C(=O)Nc2oc(C)c(C)c2C#N)c2ccccc2)cc1. The molecule has 146 valence electrons. The molecule has 29 heavy (non-hydrogen) atoms. The van der Waals surface area contributed by atoms with Crippen molar-refractivity contribution in [3.8, 4) is 11.8 Å². The maximum absolute atomic E-state index is 13.1. The summed E-state index contributed by atoms with van der Waals surface area (Å²) in [5.74, 6) is 1.19. The Labute approximate surface area is 170 Å². The summed E-state index contributed by atoms with van der Waals surface area (Å²) in [5, 5.41) is 12.2. The van der Waals surface area contributed by atoms with Gasteiger partial charge in [-0.3, -0.25) is 10.1 Å². The van der Waals surface area contributed by atoms with Gasteiger partial charge in [0.2, 0.25) is 5.88 Å². The molecular weight excluding hydrogens is 364 g/mol. The standard InChI is InChI=1S/C24H22N2O3/c1-4-28-20-12-10-18(11-13-20)14-21(19-8-6-5-7-9-19)23(27)26-24-22(15-25)16(2)17(3)29-24/h5-14H,4H2,1-3H3,(H,26,27)/b21-14+. The van der Waals surface area contributed by atoms with Crippen molar-refractivity contribution in [3.63, 3.8) is 0 Å². The van der Waals surface area contributed by atoms with Gasteiger partial charge in [0, 0.05) is 11.1 Å². The molecule has 0 saturated carbocycles. The summed E-state index contributed by atoms with van der Waals surface area (Å²) in [6, 6.07) is 19.0. The smallest absolute Gasteiger partial charge is 0.258 e. The number of nitrogens with one attached hydrogen (secondary N) is 1. The number of benzene rings is 2. The third-order valence-electron chi connectivity index (χ3n) is 4.56. The van der Waals surface area contributed by atoms with Crippen LogP contribution in [0.15, 0.2) is 59.0 Å². The third-order valence-corrected chi connectivity index (χ3v) is 4.56. The van der Waals surface area contributed by atoms with Gasteiger partial charge in [-0.05, 0) is 50.1 Å². The summed E-state index contributed by atoms with van der Waals surface area (Å²) in [4.78, 5) is 13.1. The first-order valence-corrected chi connectivity index (χ1v) is 9.35. The fourth-order valence-electron chi connectivity index (χ4n) is 2.91. The largest absolute Gasteiger partial charge is 0.494 e. The number of aryl methyl sites for hydroxylation is 1. The topological polar surface area (TPSA) is 75.3 Å². The van der Waals surface area contributed by atoms with E-state index in [0.29, 0.717) is 23.5 Å². The lowest BCUT2D eigenvalue weighted by Crippen LogP contribution is -2.14. The molecule has 0 spiro atoms. The van der Waals surface area contributed by atoms with E-state index in [2.05, 4.69) is 11.4 Å². The van der Waals surface area contributed by atoms with E-state index >= 15 is 0 Å². The summed E-state index contributed by atoms with van der Waals surface area (Å²) in [6.07, 6.45) is 1.80. The number of carbonyl (C=O) groups is 1. The van der Waals surface area contributed by atoms with Crippen molar-refractivity contribution in [2.24, 2.45) is 0 Å². The van der Waals surface area contributed by atoms with Crippen LogP contribution in [0.2, 0.25) is 0 Å². The predicted octanol–water partition coefficient (Wildman–Crippen LogP) is 5.35. The van der Waals surface area contributed by atoms with Crippen molar-refractivity contribution >= 4 is 23.4 Å². The molecule has 1 N–H and O–H groups in total.